The fourth-order valence-electron chi connectivity index (χ4n) is 3.90. The molecule has 2 rings (SSSR count). The van der Waals surface area contributed by atoms with E-state index in [4.69, 9.17) is 0 Å². The van der Waals surface area contributed by atoms with Gasteiger partial charge in [0.25, 0.3) is 0 Å². The molecule has 0 bridgehead atoms. The van der Waals surface area contributed by atoms with Gasteiger partial charge in [0.05, 0.1) is 6.20 Å². The van der Waals surface area contributed by atoms with E-state index in [2.05, 4.69) is 30.5 Å². The summed E-state index contributed by atoms with van der Waals surface area (Å²) in [6.45, 7) is 5.76. The molecule has 3 nitrogen and oxygen atoms in total. The van der Waals surface area contributed by atoms with Crippen LogP contribution >= 0.6 is 0 Å². The first-order chi connectivity index (χ1) is 10.2. The molecule has 0 amide bonds. The predicted octanol–water partition coefficient (Wildman–Crippen LogP) is 3.94. The van der Waals surface area contributed by atoms with Crippen LogP contribution in [0.15, 0.2) is 12.4 Å². The fourth-order valence-corrected chi connectivity index (χ4v) is 3.90. The zero-order chi connectivity index (χ0) is 15.1. The van der Waals surface area contributed by atoms with Crippen molar-refractivity contribution in [3.8, 4) is 0 Å². The standard InChI is InChI=1S/C18H33N3/c1-4-6-15-8-10-18(19-11-5-2)17(12-15)9-7-16-13-20-21(3)14-16/h13-15,17-19H,4-12H2,1-3H3. The van der Waals surface area contributed by atoms with E-state index in [1.165, 1.54) is 63.5 Å². The molecule has 1 aromatic rings. The molecule has 120 valence electrons. The second-order valence-electron chi connectivity index (χ2n) is 6.85. The first-order valence-electron chi connectivity index (χ1n) is 8.93. The lowest BCUT2D eigenvalue weighted by Gasteiger charge is -2.37. The molecular formula is C18H33N3. The van der Waals surface area contributed by atoms with Gasteiger partial charge in [0.1, 0.15) is 0 Å². The monoisotopic (exact) mass is 291 g/mol. The molecule has 0 aliphatic heterocycles. The van der Waals surface area contributed by atoms with E-state index >= 15 is 0 Å². The molecule has 21 heavy (non-hydrogen) atoms. The van der Waals surface area contributed by atoms with Crippen LogP contribution in [0.3, 0.4) is 0 Å². The van der Waals surface area contributed by atoms with Gasteiger partial charge in [-0.05, 0) is 62.5 Å². The van der Waals surface area contributed by atoms with Crippen LogP contribution in [0.1, 0.15) is 64.4 Å². The highest BCUT2D eigenvalue weighted by atomic mass is 15.2. The normalized spacial score (nSPS) is 26.1. The van der Waals surface area contributed by atoms with Crippen LogP contribution in [0.2, 0.25) is 0 Å². The molecule has 1 fully saturated rings. The summed E-state index contributed by atoms with van der Waals surface area (Å²) in [4.78, 5) is 0. The Balaban J connectivity index is 1.88. The van der Waals surface area contributed by atoms with E-state index in [9.17, 15) is 0 Å². The third-order valence-electron chi connectivity index (χ3n) is 5.01. The summed E-state index contributed by atoms with van der Waals surface area (Å²) in [5.41, 5.74) is 1.39. The van der Waals surface area contributed by atoms with Gasteiger partial charge in [-0.3, -0.25) is 4.68 Å². The number of hydrogen-bond acceptors (Lipinski definition) is 2. The van der Waals surface area contributed by atoms with Crippen LogP contribution in [0.5, 0.6) is 0 Å². The van der Waals surface area contributed by atoms with Crippen LogP contribution in [0.25, 0.3) is 0 Å². The maximum Gasteiger partial charge on any atom is 0.0521 e. The minimum Gasteiger partial charge on any atom is -0.314 e. The molecule has 0 spiro atoms. The molecule has 1 N–H and O–H groups in total. The lowest BCUT2D eigenvalue weighted by Crippen LogP contribution is -2.41. The van der Waals surface area contributed by atoms with Gasteiger partial charge in [-0.1, -0.05) is 26.7 Å². The second kappa shape index (κ2) is 8.57. The Labute approximate surface area is 130 Å². The SMILES string of the molecule is CCCNC1CCC(CCC)CC1CCc1cnn(C)c1. The molecule has 1 saturated carbocycles. The molecule has 3 unspecified atom stereocenters. The lowest BCUT2D eigenvalue weighted by molar-refractivity contribution is 0.186. The second-order valence-corrected chi connectivity index (χ2v) is 6.85. The van der Waals surface area contributed by atoms with Crippen molar-refractivity contribution in [2.75, 3.05) is 6.54 Å². The number of nitrogens with zero attached hydrogens (tertiary/aromatic N) is 2. The van der Waals surface area contributed by atoms with Gasteiger partial charge in [-0.25, -0.2) is 0 Å². The Morgan fingerprint density at radius 1 is 1.24 bits per heavy atom. The van der Waals surface area contributed by atoms with Gasteiger partial charge in [-0.2, -0.15) is 5.10 Å². The minimum absolute atomic E-state index is 0.745. The summed E-state index contributed by atoms with van der Waals surface area (Å²) in [6.07, 6.45) is 14.9. The molecule has 0 saturated heterocycles. The number of hydrogen-bond donors (Lipinski definition) is 1. The molecule has 1 aromatic heterocycles. The zero-order valence-corrected chi connectivity index (χ0v) is 14.1. The highest BCUT2D eigenvalue weighted by Gasteiger charge is 2.29. The molecule has 3 atom stereocenters. The molecule has 1 aliphatic rings. The average Bonchev–Trinajstić information content (AvgIpc) is 2.90. The first-order valence-corrected chi connectivity index (χ1v) is 8.93. The van der Waals surface area contributed by atoms with Gasteiger partial charge >= 0.3 is 0 Å². The Hall–Kier alpha value is -0.830. The van der Waals surface area contributed by atoms with Gasteiger partial charge in [0.15, 0.2) is 0 Å². The van der Waals surface area contributed by atoms with Crippen LogP contribution < -0.4 is 5.32 Å². The van der Waals surface area contributed by atoms with Crippen molar-refractivity contribution < 1.29 is 0 Å². The summed E-state index contributed by atoms with van der Waals surface area (Å²) in [5.74, 6) is 1.82. The summed E-state index contributed by atoms with van der Waals surface area (Å²) < 4.78 is 1.92. The summed E-state index contributed by atoms with van der Waals surface area (Å²) in [7, 11) is 2.01. The van der Waals surface area contributed by atoms with Crippen molar-refractivity contribution in [3.05, 3.63) is 18.0 Å². The number of rotatable bonds is 8. The molecular weight excluding hydrogens is 258 g/mol. The first kappa shape index (κ1) is 16.5. The van der Waals surface area contributed by atoms with E-state index < -0.39 is 0 Å². The maximum absolute atomic E-state index is 4.29. The molecule has 3 heteroatoms. The Kier molecular flexibility index (Phi) is 6.75. The highest BCUT2D eigenvalue weighted by Crippen LogP contribution is 2.34. The van der Waals surface area contributed by atoms with Gasteiger partial charge in [0.2, 0.25) is 0 Å². The zero-order valence-electron chi connectivity index (χ0n) is 14.1. The van der Waals surface area contributed by atoms with Gasteiger partial charge in [0, 0.05) is 19.3 Å². The van der Waals surface area contributed by atoms with E-state index in [1.54, 1.807) is 0 Å². The maximum atomic E-state index is 4.29. The van der Waals surface area contributed by atoms with Crippen molar-refractivity contribution in [1.82, 2.24) is 15.1 Å². The van der Waals surface area contributed by atoms with Crippen LogP contribution in [0, 0.1) is 11.8 Å². The summed E-state index contributed by atoms with van der Waals surface area (Å²) in [6, 6.07) is 0.745. The number of nitrogens with one attached hydrogen (secondary N) is 1. The molecule has 0 aromatic carbocycles. The van der Waals surface area contributed by atoms with Crippen molar-refractivity contribution in [3.63, 3.8) is 0 Å². The predicted molar refractivity (Wildman–Crippen MR) is 89.3 cm³/mol. The quantitative estimate of drug-likeness (QED) is 0.786. The van der Waals surface area contributed by atoms with Crippen LogP contribution in [-0.4, -0.2) is 22.4 Å². The van der Waals surface area contributed by atoms with Crippen molar-refractivity contribution in [2.24, 2.45) is 18.9 Å². The van der Waals surface area contributed by atoms with Crippen LogP contribution in [-0.2, 0) is 13.5 Å². The van der Waals surface area contributed by atoms with E-state index in [-0.39, 0.29) is 0 Å². The lowest BCUT2D eigenvalue weighted by atomic mass is 9.74. The smallest absolute Gasteiger partial charge is 0.0521 e. The Bertz CT molecular complexity index is 399. The average molecular weight is 291 g/mol. The molecule has 1 heterocycles. The van der Waals surface area contributed by atoms with Crippen LogP contribution in [0.4, 0.5) is 0 Å². The topological polar surface area (TPSA) is 29.9 Å². The molecule has 1 aliphatic carbocycles. The third-order valence-corrected chi connectivity index (χ3v) is 5.01. The third kappa shape index (κ3) is 5.14. The van der Waals surface area contributed by atoms with E-state index in [0.717, 1.165) is 17.9 Å². The van der Waals surface area contributed by atoms with Crippen molar-refractivity contribution >= 4 is 0 Å². The van der Waals surface area contributed by atoms with E-state index in [0.29, 0.717) is 0 Å². The van der Waals surface area contributed by atoms with Gasteiger partial charge in [-0.15, -0.1) is 0 Å². The number of aryl methyl sites for hydroxylation is 2. The van der Waals surface area contributed by atoms with E-state index in [1.807, 2.05) is 17.9 Å². The molecule has 0 radical (unpaired) electrons. The summed E-state index contributed by atoms with van der Waals surface area (Å²) in [5, 5.41) is 8.10. The highest BCUT2D eigenvalue weighted by molar-refractivity contribution is 5.04. The number of aromatic nitrogens is 2. The Morgan fingerprint density at radius 3 is 2.76 bits per heavy atom. The Morgan fingerprint density at radius 2 is 2.10 bits per heavy atom. The van der Waals surface area contributed by atoms with Gasteiger partial charge < -0.3 is 5.32 Å². The fraction of sp³-hybridized carbons (Fsp3) is 0.833. The largest absolute Gasteiger partial charge is 0.314 e. The van der Waals surface area contributed by atoms with Crippen molar-refractivity contribution in [1.29, 1.82) is 0 Å². The summed E-state index contributed by atoms with van der Waals surface area (Å²) >= 11 is 0. The van der Waals surface area contributed by atoms with Crippen molar-refractivity contribution in [2.45, 2.75) is 71.3 Å². The minimum atomic E-state index is 0.745.